The van der Waals surface area contributed by atoms with Crippen LogP contribution in [0.3, 0.4) is 0 Å². The summed E-state index contributed by atoms with van der Waals surface area (Å²) in [5.41, 5.74) is 0. The third kappa shape index (κ3) is 4.43. The maximum Gasteiger partial charge on any atom is 0.0757 e. The molecule has 0 aliphatic heterocycles. The van der Waals surface area contributed by atoms with E-state index < -0.39 is 0 Å². The second-order valence-electron chi connectivity index (χ2n) is 2.61. The first kappa shape index (κ1) is 17.2. The van der Waals surface area contributed by atoms with Crippen LogP contribution in [0.1, 0.15) is 27.7 Å². The maximum absolute atomic E-state index is 2.27. The topological polar surface area (TPSA) is 31.5 Å². The predicted octanol–water partition coefficient (Wildman–Crippen LogP) is 0.677. The molecule has 0 aliphatic carbocycles. The molecule has 0 aromatic rings. The molecule has 0 aromatic heterocycles. The highest BCUT2D eigenvalue weighted by Crippen LogP contribution is 2.03. The summed E-state index contributed by atoms with van der Waals surface area (Å²) in [4.78, 5) is 0. The number of hydrogen-bond acceptors (Lipinski definition) is 0. The molecule has 0 saturated carbocycles. The fourth-order valence-electron chi connectivity index (χ4n) is 1.34. The Kier molecular flexibility index (Phi) is 12.6. The Morgan fingerprint density at radius 1 is 0.727 bits per heavy atom. The Labute approximate surface area is 73.1 Å². The molecular weight excluding hydrogens is 137 g/mol. The van der Waals surface area contributed by atoms with Crippen molar-refractivity contribution in [2.24, 2.45) is 0 Å². The van der Waals surface area contributed by atoms with Gasteiger partial charge in [0.2, 0.25) is 0 Å². The summed E-state index contributed by atoms with van der Waals surface area (Å²) < 4.78 is 1.28. The van der Waals surface area contributed by atoms with Crippen LogP contribution >= 0.6 is 0 Å². The summed E-state index contributed by atoms with van der Waals surface area (Å²) in [6.07, 6.45) is 0. The van der Waals surface area contributed by atoms with Crippen molar-refractivity contribution in [2.75, 3.05) is 26.2 Å². The Bertz CT molecular complexity index is 57.0. The molecule has 0 aliphatic rings. The van der Waals surface area contributed by atoms with Gasteiger partial charge in [0.25, 0.3) is 0 Å². The molecule has 0 heterocycles. The molecule has 2 N–H and O–H groups in total. The summed E-state index contributed by atoms with van der Waals surface area (Å²) in [6.45, 7) is 14.2. The number of rotatable bonds is 4. The van der Waals surface area contributed by atoms with E-state index in [1.807, 2.05) is 0 Å². The van der Waals surface area contributed by atoms with E-state index in [9.17, 15) is 0 Å². The quantitative estimate of drug-likeness (QED) is 0.426. The van der Waals surface area contributed by atoms with Crippen molar-refractivity contribution in [3.8, 4) is 0 Å². The second kappa shape index (κ2) is 8.09. The molecule has 0 atom stereocenters. The van der Waals surface area contributed by atoms with Crippen LogP contribution in [0.5, 0.6) is 0 Å². The fraction of sp³-hybridized carbons (Fsp3) is 1.00. The molecule has 0 unspecified atom stereocenters. The van der Waals surface area contributed by atoms with Gasteiger partial charge in [-0.1, -0.05) is 0 Å². The number of quaternary nitrogens is 1. The minimum atomic E-state index is 0. The summed E-state index contributed by atoms with van der Waals surface area (Å²) in [5.74, 6) is 0. The van der Waals surface area contributed by atoms with E-state index in [2.05, 4.69) is 27.7 Å². The monoisotopic (exact) mass is 159 g/mol. The van der Waals surface area contributed by atoms with Gasteiger partial charge in [0.15, 0.2) is 0 Å². The van der Waals surface area contributed by atoms with Crippen molar-refractivity contribution in [2.45, 2.75) is 27.7 Å². The highest BCUT2D eigenvalue weighted by Gasteiger charge is 2.16. The smallest absolute Gasteiger partial charge is 0.0757 e. The highest BCUT2D eigenvalue weighted by molar-refractivity contribution is 5.75. The minimum Gasteiger partial charge on any atom is -1.00 e. The van der Waals surface area contributed by atoms with Gasteiger partial charge in [0.05, 0.1) is 26.2 Å². The zero-order valence-electron chi connectivity index (χ0n) is 8.35. The molecule has 11 heavy (non-hydrogen) atoms. The largest absolute Gasteiger partial charge is 1.00 e. The zero-order valence-corrected chi connectivity index (χ0v) is 8.35. The van der Waals surface area contributed by atoms with Gasteiger partial charge in [-0.2, -0.15) is 0 Å². The lowest BCUT2D eigenvalue weighted by Gasteiger charge is -2.34. The Morgan fingerprint density at radius 3 is 0.909 bits per heavy atom. The molecule has 0 bridgehead atoms. The molecule has 0 saturated heterocycles. The van der Waals surface area contributed by atoms with Gasteiger partial charge in [-0.15, -0.1) is 0 Å². The summed E-state index contributed by atoms with van der Waals surface area (Å²) in [7, 11) is 0. The van der Waals surface area contributed by atoms with Crippen molar-refractivity contribution in [3.05, 3.63) is 0 Å². The lowest BCUT2D eigenvalue weighted by Crippen LogP contribution is -2.47. The molecule has 4 radical (unpaired) electrons. The lowest BCUT2D eigenvalue weighted by molar-refractivity contribution is -0.921. The van der Waals surface area contributed by atoms with Crippen LogP contribution < -0.4 is 0 Å². The molecule has 2 nitrogen and oxygen atoms in total. The van der Waals surface area contributed by atoms with Gasteiger partial charge >= 0.3 is 0 Å². The van der Waals surface area contributed by atoms with Gasteiger partial charge in [-0.3, -0.25) is 0 Å². The van der Waals surface area contributed by atoms with Gasteiger partial charge < -0.3 is 18.4 Å². The molecule has 0 rings (SSSR count). The first-order valence-corrected chi connectivity index (χ1v) is 4.09. The van der Waals surface area contributed by atoms with Gasteiger partial charge in [-0.05, 0) is 27.7 Å². The molecule has 0 aromatic carbocycles. The standard InChI is InChI=1S/C8H20N.B.H2O/c1-5-9(6-2,7-3)8-4;;/h5-8H2,1-4H3;;1H2/q+1;-1;. The van der Waals surface area contributed by atoms with Crippen LogP contribution in [-0.2, 0) is 0 Å². The summed E-state index contributed by atoms with van der Waals surface area (Å²) in [5, 5.41) is 0. The molecule has 0 amide bonds. The molecule has 0 fully saturated rings. The van der Waals surface area contributed by atoms with E-state index in [1.54, 1.807) is 0 Å². The Hall–Kier alpha value is -0.0151. The van der Waals surface area contributed by atoms with Crippen molar-refractivity contribution in [3.63, 3.8) is 0 Å². The van der Waals surface area contributed by atoms with E-state index >= 15 is 0 Å². The predicted molar refractivity (Wildman–Crippen MR) is 51.8 cm³/mol. The van der Waals surface area contributed by atoms with Crippen molar-refractivity contribution in [1.29, 1.82) is 0 Å². The maximum atomic E-state index is 2.27. The van der Waals surface area contributed by atoms with Gasteiger partial charge in [0.1, 0.15) is 0 Å². The first-order chi connectivity index (χ1) is 4.24. The Balaban J connectivity index is -0.000000320. The van der Waals surface area contributed by atoms with Crippen molar-refractivity contribution < 1.29 is 9.96 Å². The number of hydrogen-bond donors (Lipinski definition) is 0. The highest BCUT2D eigenvalue weighted by atomic mass is 16.0. The van der Waals surface area contributed by atoms with Crippen LogP contribution in [0, 0.1) is 0 Å². The van der Waals surface area contributed by atoms with E-state index in [0.717, 1.165) is 0 Å². The fourth-order valence-corrected chi connectivity index (χ4v) is 1.34. The van der Waals surface area contributed by atoms with Crippen LogP contribution in [-0.4, -0.2) is 44.6 Å². The minimum absolute atomic E-state index is 0. The molecule has 68 valence electrons. The van der Waals surface area contributed by atoms with Crippen LogP contribution in [0.25, 0.3) is 0 Å². The first-order valence-electron chi connectivity index (χ1n) is 4.09. The van der Waals surface area contributed by atoms with Crippen molar-refractivity contribution >= 4 is 8.41 Å². The average Bonchev–Trinajstić information content (AvgIpc) is 1.95. The van der Waals surface area contributed by atoms with Gasteiger partial charge in [0, 0.05) is 0 Å². The van der Waals surface area contributed by atoms with Crippen molar-refractivity contribution in [1.82, 2.24) is 0 Å². The third-order valence-electron chi connectivity index (χ3n) is 2.68. The molecule has 3 heteroatoms. The lowest BCUT2D eigenvalue weighted by atomic mass is 10.3. The molecular formula is C8H22BNO. The normalized spacial score (nSPS) is 9.82. The van der Waals surface area contributed by atoms with E-state index in [-0.39, 0.29) is 13.9 Å². The van der Waals surface area contributed by atoms with Gasteiger partial charge in [-0.25, -0.2) is 0 Å². The van der Waals surface area contributed by atoms with E-state index in [4.69, 9.17) is 0 Å². The van der Waals surface area contributed by atoms with Crippen LogP contribution in [0.15, 0.2) is 0 Å². The van der Waals surface area contributed by atoms with Crippen LogP contribution in [0.2, 0.25) is 0 Å². The summed E-state index contributed by atoms with van der Waals surface area (Å²) in [6, 6.07) is 0. The SMILES string of the molecule is CC[N+](CC)(CC)CC.O.[B-]. The van der Waals surface area contributed by atoms with E-state index in [1.165, 1.54) is 30.7 Å². The summed E-state index contributed by atoms with van der Waals surface area (Å²) >= 11 is 0. The zero-order chi connectivity index (χ0) is 7.33. The third-order valence-corrected chi connectivity index (χ3v) is 2.68. The van der Waals surface area contributed by atoms with Crippen LogP contribution in [0.4, 0.5) is 0 Å². The average molecular weight is 159 g/mol. The van der Waals surface area contributed by atoms with E-state index in [0.29, 0.717) is 0 Å². The second-order valence-corrected chi connectivity index (χ2v) is 2.61. The number of nitrogens with zero attached hydrogens (tertiary/aromatic N) is 1. The molecule has 0 spiro atoms. The Morgan fingerprint density at radius 2 is 0.909 bits per heavy atom.